The van der Waals surface area contributed by atoms with Crippen molar-refractivity contribution in [3.05, 3.63) is 0 Å². The van der Waals surface area contributed by atoms with Crippen molar-refractivity contribution in [2.75, 3.05) is 20.7 Å². The molecule has 0 aromatic heterocycles. The molecule has 4 heteroatoms. The first-order valence-electron chi connectivity index (χ1n) is 6.22. The van der Waals surface area contributed by atoms with E-state index in [0.717, 1.165) is 6.54 Å². The van der Waals surface area contributed by atoms with Gasteiger partial charge in [0, 0.05) is 24.7 Å². The normalized spacial score (nSPS) is 33.1. The van der Waals surface area contributed by atoms with Crippen molar-refractivity contribution in [2.45, 2.75) is 50.2 Å². The summed E-state index contributed by atoms with van der Waals surface area (Å²) in [6.07, 6.45) is 5.62. The molecule has 0 amide bonds. The molecule has 2 bridgehead atoms. The van der Waals surface area contributed by atoms with Gasteiger partial charge in [0.05, 0.1) is 13.5 Å². The number of rotatable bonds is 4. The maximum absolute atomic E-state index is 11.1. The monoisotopic (exact) mass is 226 g/mol. The Kier molecular flexibility index (Phi) is 3.82. The highest BCUT2D eigenvalue weighted by Gasteiger charge is 2.34. The Morgan fingerprint density at radius 2 is 2.00 bits per heavy atom. The molecule has 2 atom stereocenters. The van der Waals surface area contributed by atoms with Crippen LogP contribution in [0.25, 0.3) is 0 Å². The van der Waals surface area contributed by atoms with Gasteiger partial charge in [0.2, 0.25) is 0 Å². The zero-order valence-corrected chi connectivity index (χ0v) is 10.2. The van der Waals surface area contributed by atoms with Crippen LogP contribution in [0.1, 0.15) is 32.1 Å². The number of nitrogens with zero attached hydrogens (tertiary/aromatic N) is 1. The van der Waals surface area contributed by atoms with Crippen LogP contribution >= 0.6 is 0 Å². The Labute approximate surface area is 97.3 Å². The zero-order valence-electron chi connectivity index (χ0n) is 10.2. The second-order valence-corrected chi connectivity index (χ2v) is 5.07. The molecule has 1 N–H and O–H groups in total. The third-order valence-electron chi connectivity index (χ3n) is 3.97. The minimum Gasteiger partial charge on any atom is -0.469 e. The summed E-state index contributed by atoms with van der Waals surface area (Å²) in [6, 6.07) is 2.07. The van der Waals surface area contributed by atoms with Crippen LogP contribution in [0.4, 0.5) is 0 Å². The lowest BCUT2D eigenvalue weighted by molar-refractivity contribution is -0.141. The molecule has 0 aromatic carbocycles. The van der Waals surface area contributed by atoms with E-state index < -0.39 is 0 Å². The fourth-order valence-electron chi connectivity index (χ4n) is 2.94. The molecule has 2 aliphatic heterocycles. The molecule has 0 radical (unpaired) electrons. The highest BCUT2D eigenvalue weighted by molar-refractivity contribution is 5.69. The molecule has 2 heterocycles. The molecule has 2 fully saturated rings. The second-order valence-electron chi connectivity index (χ2n) is 5.07. The fourth-order valence-corrected chi connectivity index (χ4v) is 2.94. The number of carbonyl (C=O) groups excluding carboxylic acids is 1. The van der Waals surface area contributed by atoms with E-state index in [1.54, 1.807) is 0 Å². The Morgan fingerprint density at radius 3 is 2.56 bits per heavy atom. The van der Waals surface area contributed by atoms with Gasteiger partial charge >= 0.3 is 5.97 Å². The van der Waals surface area contributed by atoms with Gasteiger partial charge in [-0.2, -0.15) is 0 Å². The Hall–Kier alpha value is -0.610. The van der Waals surface area contributed by atoms with Crippen LogP contribution in [0.15, 0.2) is 0 Å². The molecule has 0 aromatic rings. The minimum atomic E-state index is -0.108. The molecular weight excluding hydrogens is 204 g/mol. The van der Waals surface area contributed by atoms with Crippen molar-refractivity contribution in [2.24, 2.45) is 0 Å². The number of methoxy groups -OCH3 is 1. The van der Waals surface area contributed by atoms with Crippen molar-refractivity contribution in [1.82, 2.24) is 10.2 Å². The first kappa shape index (κ1) is 11.9. The van der Waals surface area contributed by atoms with Gasteiger partial charge in [0.25, 0.3) is 0 Å². The average molecular weight is 226 g/mol. The molecule has 2 saturated heterocycles. The Morgan fingerprint density at radius 1 is 1.38 bits per heavy atom. The van der Waals surface area contributed by atoms with Crippen molar-refractivity contribution in [3.8, 4) is 0 Å². The smallest absolute Gasteiger partial charge is 0.306 e. The van der Waals surface area contributed by atoms with Gasteiger partial charge in [-0.15, -0.1) is 0 Å². The molecule has 0 spiro atoms. The van der Waals surface area contributed by atoms with Crippen LogP contribution < -0.4 is 5.32 Å². The molecule has 16 heavy (non-hydrogen) atoms. The number of fused-ring (bicyclic) bond motifs is 2. The van der Waals surface area contributed by atoms with E-state index >= 15 is 0 Å². The number of esters is 1. The summed E-state index contributed by atoms with van der Waals surface area (Å²) in [5.41, 5.74) is 0. The van der Waals surface area contributed by atoms with Gasteiger partial charge < -0.3 is 15.0 Å². The highest BCUT2D eigenvalue weighted by Crippen LogP contribution is 2.29. The topological polar surface area (TPSA) is 41.6 Å². The number of carbonyl (C=O) groups is 1. The molecule has 2 unspecified atom stereocenters. The van der Waals surface area contributed by atoms with Gasteiger partial charge in [-0.1, -0.05) is 0 Å². The van der Waals surface area contributed by atoms with Gasteiger partial charge in [-0.05, 0) is 32.7 Å². The van der Waals surface area contributed by atoms with E-state index in [9.17, 15) is 4.79 Å². The molecule has 0 aliphatic carbocycles. The summed E-state index contributed by atoms with van der Waals surface area (Å²) >= 11 is 0. The third kappa shape index (κ3) is 2.74. The quantitative estimate of drug-likeness (QED) is 0.719. The standard InChI is InChI=1S/C12H22N2O2/c1-14(6-5-12(15)16-2)11-7-9-3-4-10(8-11)13-9/h9-11,13H,3-8H2,1-2H3. The predicted octanol–water partition coefficient (Wildman–Crippen LogP) is 0.764. The summed E-state index contributed by atoms with van der Waals surface area (Å²) in [5.74, 6) is -0.108. The van der Waals surface area contributed by atoms with Crippen molar-refractivity contribution in [1.29, 1.82) is 0 Å². The van der Waals surface area contributed by atoms with Crippen LogP contribution in [0.3, 0.4) is 0 Å². The lowest BCUT2D eigenvalue weighted by atomic mass is 9.98. The summed E-state index contributed by atoms with van der Waals surface area (Å²) < 4.78 is 4.66. The van der Waals surface area contributed by atoms with E-state index in [1.807, 2.05) is 0 Å². The lowest BCUT2D eigenvalue weighted by Crippen LogP contribution is -2.47. The highest BCUT2D eigenvalue weighted by atomic mass is 16.5. The van der Waals surface area contributed by atoms with Crippen molar-refractivity contribution in [3.63, 3.8) is 0 Å². The summed E-state index contributed by atoms with van der Waals surface area (Å²) in [5, 5.41) is 3.63. The number of ether oxygens (including phenoxy) is 1. The van der Waals surface area contributed by atoms with E-state index in [4.69, 9.17) is 0 Å². The van der Waals surface area contributed by atoms with Crippen LogP contribution in [-0.2, 0) is 9.53 Å². The van der Waals surface area contributed by atoms with Crippen LogP contribution in [0.2, 0.25) is 0 Å². The van der Waals surface area contributed by atoms with E-state index in [0.29, 0.717) is 24.5 Å². The van der Waals surface area contributed by atoms with Gasteiger partial charge in [-0.25, -0.2) is 0 Å². The third-order valence-corrected chi connectivity index (χ3v) is 3.97. The molecule has 2 rings (SSSR count). The number of piperidine rings is 1. The maximum atomic E-state index is 11.1. The molecule has 0 saturated carbocycles. The summed E-state index contributed by atoms with van der Waals surface area (Å²) in [4.78, 5) is 13.4. The van der Waals surface area contributed by atoms with Gasteiger partial charge in [0.15, 0.2) is 0 Å². The summed E-state index contributed by atoms with van der Waals surface area (Å²) in [6.45, 7) is 0.816. The molecule has 92 valence electrons. The van der Waals surface area contributed by atoms with Crippen LogP contribution in [-0.4, -0.2) is 49.7 Å². The largest absolute Gasteiger partial charge is 0.469 e. The second kappa shape index (κ2) is 5.15. The molecular formula is C12H22N2O2. The fraction of sp³-hybridized carbons (Fsp3) is 0.917. The zero-order chi connectivity index (χ0) is 11.5. The van der Waals surface area contributed by atoms with Crippen molar-refractivity contribution >= 4 is 5.97 Å². The van der Waals surface area contributed by atoms with Crippen molar-refractivity contribution < 1.29 is 9.53 Å². The maximum Gasteiger partial charge on any atom is 0.306 e. The molecule has 2 aliphatic rings. The van der Waals surface area contributed by atoms with E-state index in [-0.39, 0.29) is 5.97 Å². The lowest BCUT2D eigenvalue weighted by Gasteiger charge is -2.35. The van der Waals surface area contributed by atoms with E-state index in [2.05, 4.69) is 22.0 Å². The van der Waals surface area contributed by atoms with Gasteiger partial charge in [0.1, 0.15) is 0 Å². The average Bonchev–Trinajstić information content (AvgIpc) is 2.64. The minimum absolute atomic E-state index is 0.108. The first-order chi connectivity index (χ1) is 7.69. The van der Waals surface area contributed by atoms with Crippen LogP contribution in [0.5, 0.6) is 0 Å². The number of nitrogens with one attached hydrogen (secondary N) is 1. The van der Waals surface area contributed by atoms with E-state index in [1.165, 1.54) is 32.8 Å². The van der Waals surface area contributed by atoms with Gasteiger partial charge in [-0.3, -0.25) is 4.79 Å². The Bertz CT molecular complexity index is 245. The Balaban J connectivity index is 1.76. The SMILES string of the molecule is COC(=O)CCN(C)C1CC2CCC(C1)N2. The van der Waals surface area contributed by atoms with Crippen LogP contribution in [0, 0.1) is 0 Å². The molecule has 4 nitrogen and oxygen atoms in total. The number of hydrogen-bond donors (Lipinski definition) is 1. The number of hydrogen-bond acceptors (Lipinski definition) is 4. The predicted molar refractivity (Wildman–Crippen MR) is 62.2 cm³/mol. The summed E-state index contributed by atoms with van der Waals surface area (Å²) in [7, 11) is 3.57. The first-order valence-corrected chi connectivity index (χ1v) is 6.22.